The number of nitro groups is 1. The van der Waals surface area contributed by atoms with Crippen molar-refractivity contribution in [2.45, 2.75) is 32.1 Å². The molecule has 0 atom stereocenters. The lowest BCUT2D eigenvalue weighted by molar-refractivity contribution is -0.386. The maximum Gasteiger partial charge on any atom is 0.327 e. The van der Waals surface area contributed by atoms with Gasteiger partial charge in [0.25, 0.3) is 0 Å². The molecule has 0 unspecified atom stereocenters. The van der Waals surface area contributed by atoms with Crippen LogP contribution in [-0.2, 0) is 0 Å². The van der Waals surface area contributed by atoms with Gasteiger partial charge in [0.15, 0.2) is 0 Å². The summed E-state index contributed by atoms with van der Waals surface area (Å²) in [6, 6.07) is 1.48. The van der Waals surface area contributed by atoms with E-state index in [0.29, 0.717) is 12.6 Å². The summed E-state index contributed by atoms with van der Waals surface area (Å²) in [7, 11) is 0. The molecule has 0 radical (unpaired) electrons. The third-order valence-electron chi connectivity index (χ3n) is 3.36. The van der Waals surface area contributed by atoms with Crippen LogP contribution in [0, 0.1) is 21.7 Å². The van der Waals surface area contributed by atoms with E-state index in [1.54, 1.807) is 0 Å². The molecule has 0 fully saturated rings. The van der Waals surface area contributed by atoms with Gasteiger partial charge in [-0.05, 0) is 32.1 Å². The Morgan fingerprint density at radius 3 is 2.75 bits per heavy atom. The highest BCUT2D eigenvalue weighted by Crippen LogP contribution is 2.29. The van der Waals surface area contributed by atoms with Gasteiger partial charge in [-0.3, -0.25) is 10.1 Å². The normalized spacial score (nSPS) is 14.8. The molecule has 0 aliphatic heterocycles. The van der Waals surface area contributed by atoms with Gasteiger partial charge in [-0.2, -0.15) is 4.39 Å². The molecular formula is C14H16F2N2O2. The summed E-state index contributed by atoms with van der Waals surface area (Å²) < 4.78 is 26.5. The minimum atomic E-state index is -1.16. The van der Waals surface area contributed by atoms with Crippen LogP contribution >= 0.6 is 0 Å². The maximum absolute atomic E-state index is 13.4. The summed E-state index contributed by atoms with van der Waals surface area (Å²) in [5, 5.41) is 13.6. The number of rotatable bonds is 5. The molecule has 2 rings (SSSR count). The number of anilines is 1. The lowest BCUT2D eigenvalue weighted by Gasteiger charge is -2.13. The van der Waals surface area contributed by atoms with Crippen LogP contribution in [0.15, 0.2) is 23.8 Å². The Labute approximate surface area is 115 Å². The maximum atomic E-state index is 13.4. The molecule has 0 aromatic heterocycles. The summed E-state index contributed by atoms with van der Waals surface area (Å²) in [6.45, 7) is 0.426. The van der Waals surface area contributed by atoms with Crippen molar-refractivity contribution in [3.05, 3.63) is 45.5 Å². The molecule has 108 valence electrons. The Morgan fingerprint density at radius 2 is 2.10 bits per heavy atom. The second-order valence-corrected chi connectivity index (χ2v) is 4.83. The van der Waals surface area contributed by atoms with Crippen molar-refractivity contribution < 1.29 is 13.7 Å². The molecule has 4 nitrogen and oxygen atoms in total. The van der Waals surface area contributed by atoms with Crippen molar-refractivity contribution >= 4 is 11.4 Å². The lowest BCUT2D eigenvalue weighted by atomic mass is 9.97. The van der Waals surface area contributed by atoms with Crippen molar-refractivity contribution in [2.75, 3.05) is 11.9 Å². The summed E-state index contributed by atoms with van der Waals surface area (Å²) in [5.41, 5.74) is 0.483. The van der Waals surface area contributed by atoms with E-state index < -0.39 is 22.2 Å². The zero-order valence-corrected chi connectivity index (χ0v) is 11.0. The second kappa shape index (κ2) is 6.45. The van der Waals surface area contributed by atoms with Crippen LogP contribution in [0.4, 0.5) is 20.2 Å². The first-order valence-electron chi connectivity index (χ1n) is 6.63. The highest BCUT2D eigenvalue weighted by atomic mass is 19.1. The van der Waals surface area contributed by atoms with E-state index >= 15 is 0 Å². The minimum absolute atomic E-state index is 0.107. The molecule has 0 bridgehead atoms. The van der Waals surface area contributed by atoms with E-state index in [1.165, 1.54) is 12.0 Å². The van der Waals surface area contributed by atoms with Gasteiger partial charge in [0, 0.05) is 18.7 Å². The molecule has 0 heterocycles. The van der Waals surface area contributed by atoms with Gasteiger partial charge >= 0.3 is 5.69 Å². The molecule has 1 aliphatic carbocycles. The number of nitro benzene ring substituents is 1. The molecule has 0 saturated carbocycles. The molecule has 0 amide bonds. The van der Waals surface area contributed by atoms with Crippen LogP contribution in [0.25, 0.3) is 0 Å². The number of hydrogen-bond acceptors (Lipinski definition) is 3. The van der Waals surface area contributed by atoms with Crippen LogP contribution in [0.1, 0.15) is 32.1 Å². The molecule has 0 saturated heterocycles. The fraction of sp³-hybridized carbons (Fsp3) is 0.429. The fourth-order valence-corrected chi connectivity index (χ4v) is 2.38. The van der Waals surface area contributed by atoms with E-state index in [9.17, 15) is 18.9 Å². The highest BCUT2D eigenvalue weighted by molar-refractivity contribution is 5.62. The van der Waals surface area contributed by atoms with Crippen molar-refractivity contribution in [1.29, 1.82) is 0 Å². The number of halogens is 2. The molecule has 1 aromatic rings. The van der Waals surface area contributed by atoms with Crippen LogP contribution in [0.2, 0.25) is 0 Å². The molecule has 1 aliphatic rings. The molecule has 1 aromatic carbocycles. The molecule has 20 heavy (non-hydrogen) atoms. The van der Waals surface area contributed by atoms with Gasteiger partial charge < -0.3 is 5.32 Å². The van der Waals surface area contributed by atoms with Gasteiger partial charge in [0.2, 0.25) is 5.82 Å². The first kappa shape index (κ1) is 14.4. The van der Waals surface area contributed by atoms with Crippen LogP contribution in [0.3, 0.4) is 0 Å². The average molecular weight is 282 g/mol. The Morgan fingerprint density at radius 1 is 1.30 bits per heavy atom. The number of allylic oxidation sites excluding steroid dienone is 1. The van der Waals surface area contributed by atoms with E-state index in [1.807, 2.05) is 0 Å². The zero-order chi connectivity index (χ0) is 14.5. The first-order valence-corrected chi connectivity index (χ1v) is 6.63. The van der Waals surface area contributed by atoms with Gasteiger partial charge in [-0.1, -0.05) is 11.6 Å². The monoisotopic (exact) mass is 282 g/mol. The zero-order valence-electron chi connectivity index (χ0n) is 11.0. The van der Waals surface area contributed by atoms with Crippen LogP contribution in [0.5, 0.6) is 0 Å². The number of benzene rings is 1. The number of hydrogen-bond donors (Lipinski definition) is 1. The van der Waals surface area contributed by atoms with E-state index in [0.717, 1.165) is 31.7 Å². The molecular weight excluding hydrogens is 266 g/mol. The third kappa shape index (κ3) is 3.53. The quantitative estimate of drug-likeness (QED) is 0.501. The summed E-state index contributed by atoms with van der Waals surface area (Å²) in [5.74, 6) is -1.98. The lowest BCUT2D eigenvalue weighted by Crippen LogP contribution is -2.08. The van der Waals surface area contributed by atoms with Gasteiger partial charge in [-0.25, -0.2) is 4.39 Å². The highest BCUT2D eigenvalue weighted by Gasteiger charge is 2.21. The predicted molar refractivity (Wildman–Crippen MR) is 72.7 cm³/mol. The van der Waals surface area contributed by atoms with Crippen LogP contribution in [-0.4, -0.2) is 11.5 Å². The van der Waals surface area contributed by atoms with E-state index in [2.05, 4.69) is 11.4 Å². The van der Waals surface area contributed by atoms with E-state index in [4.69, 9.17) is 0 Å². The van der Waals surface area contributed by atoms with Gasteiger partial charge in [-0.15, -0.1) is 0 Å². The third-order valence-corrected chi connectivity index (χ3v) is 3.36. The molecule has 6 heteroatoms. The van der Waals surface area contributed by atoms with Crippen molar-refractivity contribution in [3.63, 3.8) is 0 Å². The van der Waals surface area contributed by atoms with Gasteiger partial charge in [0.1, 0.15) is 11.5 Å². The predicted octanol–water partition coefficient (Wildman–Crippen LogP) is 4.18. The standard InChI is InChI=1S/C14H16F2N2O2/c15-11-8-12(16)14(18(19)20)13(9-11)17-7-6-10-4-2-1-3-5-10/h4,8-9,17H,1-3,5-7H2. The smallest absolute Gasteiger partial charge is 0.327 e. The largest absolute Gasteiger partial charge is 0.379 e. The second-order valence-electron chi connectivity index (χ2n) is 4.83. The summed E-state index contributed by atoms with van der Waals surface area (Å²) in [6.07, 6.45) is 7.34. The summed E-state index contributed by atoms with van der Waals surface area (Å²) >= 11 is 0. The Hall–Kier alpha value is -1.98. The van der Waals surface area contributed by atoms with Crippen molar-refractivity contribution in [1.82, 2.24) is 0 Å². The summed E-state index contributed by atoms with van der Waals surface area (Å²) in [4.78, 5) is 9.97. The number of nitrogens with one attached hydrogen (secondary N) is 1. The molecule has 0 spiro atoms. The first-order chi connectivity index (χ1) is 9.58. The Balaban J connectivity index is 2.05. The topological polar surface area (TPSA) is 55.2 Å². The van der Waals surface area contributed by atoms with Crippen molar-refractivity contribution in [3.8, 4) is 0 Å². The van der Waals surface area contributed by atoms with Crippen LogP contribution < -0.4 is 5.32 Å². The van der Waals surface area contributed by atoms with Gasteiger partial charge in [0.05, 0.1) is 4.92 Å². The SMILES string of the molecule is O=[N+]([O-])c1c(F)cc(F)cc1NCCC1=CCCCC1. The van der Waals surface area contributed by atoms with Crippen molar-refractivity contribution in [2.24, 2.45) is 0 Å². The minimum Gasteiger partial charge on any atom is -0.379 e. The van der Waals surface area contributed by atoms with E-state index in [-0.39, 0.29) is 5.69 Å². The average Bonchev–Trinajstić information content (AvgIpc) is 2.38. The molecule has 1 N–H and O–H groups in total. The Bertz CT molecular complexity index is 544. The Kier molecular flexibility index (Phi) is 4.65. The fourth-order valence-electron chi connectivity index (χ4n) is 2.38. The number of nitrogens with zero attached hydrogens (tertiary/aromatic N) is 1.